The molecule has 0 fully saturated rings. The minimum absolute atomic E-state index is 0.0141. The van der Waals surface area contributed by atoms with Crippen molar-refractivity contribution >= 4 is 62.0 Å². The third kappa shape index (κ3) is 5.18. The topological polar surface area (TPSA) is 26.0 Å². The van der Waals surface area contributed by atoms with E-state index in [1.807, 2.05) is 0 Å². The number of aryl methyl sites for hydroxylation is 1. The van der Waals surface area contributed by atoms with Gasteiger partial charge in [-0.2, -0.15) is 0 Å². The highest BCUT2D eigenvalue weighted by Gasteiger charge is 2.51. The molecule has 69 heavy (non-hydrogen) atoms. The van der Waals surface area contributed by atoms with Crippen LogP contribution in [0.15, 0.2) is 146 Å². The summed E-state index contributed by atoms with van der Waals surface area (Å²) in [6, 6.07) is 56.2. The number of imidazole rings is 1. The van der Waals surface area contributed by atoms with Crippen molar-refractivity contribution in [2.45, 2.75) is 90.9 Å². The van der Waals surface area contributed by atoms with Crippen molar-refractivity contribution in [2.75, 3.05) is 4.81 Å². The van der Waals surface area contributed by atoms with Crippen LogP contribution < -0.4 is 15.7 Å². The van der Waals surface area contributed by atoms with Crippen molar-refractivity contribution < 1.29 is 0 Å². The lowest BCUT2D eigenvalue weighted by Gasteiger charge is -2.44. The Hall–Kier alpha value is -7.11. The van der Waals surface area contributed by atoms with E-state index in [1.165, 1.54) is 117 Å². The summed E-state index contributed by atoms with van der Waals surface area (Å²) < 4.78 is 4.97. The highest BCUT2D eigenvalue weighted by atomic mass is 15.1. The van der Waals surface area contributed by atoms with Crippen LogP contribution in [0.5, 0.6) is 0 Å². The lowest BCUT2D eigenvalue weighted by Crippen LogP contribution is -2.61. The van der Waals surface area contributed by atoms with Crippen LogP contribution in [-0.2, 0) is 28.7 Å². The summed E-state index contributed by atoms with van der Waals surface area (Å²) in [5.41, 5.74) is 28.1. The highest BCUT2D eigenvalue weighted by molar-refractivity contribution is 6.94. The summed E-state index contributed by atoms with van der Waals surface area (Å²) in [7, 11) is 2.18. The number of fused-ring (bicyclic) bond motifs is 17. The Morgan fingerprint density at radius 1 is 0.536 bits per heavy atom. The fraction of sp³-hybridized carbons (Fsp3) is 0.234. The molecule has 8 aromatic carbocycles. The Bertz CT molecular complexity index is 3920. The molecular weight excluding hydrogens is 836 g/mol. The molecule has 0 spiro atoms. The van der Waals surface area contributed by atoms with Gasteiger partial charge in [-0.25, -0.2) is 4.98 Å². The van der Waals surface area contributed by atoms with Gasteiger partial charge in [0.25, 0.3) is 0 Å². The van der Waals surface area contributed by atoms with Crippen LogP contribution in [0.2, 0.25) is 0 Å². The average Bonchev–Trinajstić information content (AvgIpc) is 3.99. The third-order valence-electron chi connectivity index (χ3n) is 17.0. The van der Waals surface area contributed by atoms with Crippen molar-refractivity contribution in [3.05, 3.63) is 179 Å². The second-order valence-electron chi connectivity index (χ2n) is 23.7. The van der Waals surface area contributed by atoms with E-state index in [-0.39, 0.29) is 28.5 Å². The van der Waals surface area contributed by atoms with Gasteiger partial charge in [-0.05, 0) is 131 Å². The number of benzene rings is 8. The van der Waals surface area contributed by atoms with Gasteiger partial charge < -0.3 is 13.9 Å². The Morgan fingerprint density at radius 2 is 1.19 bits per heavy atom. The predicted octanol–water partition coefficient (Wildman–Crippen LogP) is 14.8. The van der Waals surface area contributed by atoms with Gasteiger partial charge in [0.15, 0.2) is 0 Å². The molecule has 0 amide bonds. The van der Waals surface area contributed by atoms with Crippen LogP contribution >= 0.6 is 0 Å². The molecule has 0 saturated carbocycles. The predicted molar refractivity (Wildman–Crippen MR) is 292 cm³/mol. The van der Waals surface area contributed by atoms with E-state index in [1.54, 1.807) is 0 Å². The Balaban J connectivity index is 1.22. The Labute approximate surface area is 406 Å². The molecule has 2 aromatic heterocycles. The number of nitrogens with zero attached hydrogens (tertiary/aromatic N) is 4. The van der Waals surface area contributed by atoms with Gasteiger partial charge >= 0.3 is 6.85 Å². The molecule has 0 radical (unpaired) electrons. The summed E-state index contributed by atoms with van der Waals surface area (Å²) in [5, 5.41) is 2.69. The fourth-order valence-corrected chi connectivity index (χ4v) is 13.5. The molecular formula is C64H57BN4. The second-order valence-corrected chi connectivity index (χ2v) is 23.7. The van der Waals surface area contributed by atoms with Crippen molar-refractivity contribution in [3.8, 4) is 50.5 Å². The lowest BCUT2D eigenvalue weighted by molar-refractivity contribution is 0.590. The van der Waals surface area contributed by atoms with Gasteiger partial charge in [-0.3, -0.25) is 0 Å². The zero-order valence-electron chi connectivity index (χ0n) is 41.7. The van der Waals surface area contributed by atoms with E-state index in [2.05, 4.69) is 236 Å². The molecule has 336 valence electrons. The first-order valence-corrected chi connectivity index (χ1v) is 25.0. The Kier molecular flexibility index (Phi) is 7.80. The second kappa shape index (κ2) is 13.1. The van der Waals surface area contributed by atoms with Crippen LogP contribution in [-0.4, -0.2) is 21.0 Å². The normalized spacial score (nSPS) is 15.6. The lowest BCUT2D eigenvalue weighted by atomic mass is 9.43. The van der Waals surface area contributed by atoms with Crippen LogP contribution in [0.4, 0.5) is 11.4 Å². The van der Waals surface area contributed by atoms with Crippen molar-refractivity contribution in [3.63, 3.8) is 0 Å². The smallest absolute Gasteiger partial charge is 0.333 e. The molecule has 0 N–H and O–H groups in total. The first-order valence-electron chi connectivity index (χ1n) is 25.0. The maximum Gasteiger partial charge on any atom is 0.333 e. The van der Waals surface area contributed by atoms with Crippen molar-refractivity contribution in [1.82, 2.24) is 14.1 Å². The number of anilines is 2. The summed E-state index contributed by atoms with van der Waals surface area (Å²) in [4.78, 5) is 8.24. The van der Waals surface area contributed by atoms with Crippen LogP contribution in [0.3, 0.4) is 0 Å². The minimum atomic E-state index is -0.285. The number of rotatable bonds is 2. The summed E-state index contributed by atoms with van der Waals surface area (Å²) in [6.07, 6.45) is 0. The van der Waals surface area contributed by atoms with Crippen LogP contribution in [0, 0.1) is 0 Å². The van der Waals surface area contributed by atoms with E-state index in [4.69, 9.17) is 4.98 Å². The zero-order valence-corrected chi connectivity index (χ0v) is 41.7. The van der Waals surface area contributed by atoms with Crippen LogP contribution in [0.25, 0.3) is 83.3 Å². The van der Waals surface area contributed by atoms with E-state index in [0.717, 1.165) is 22.4 Å². The molecule has 5 heteroatoms. The largest absolute Gasteiger partial charge is 0.376 e. The SMILES string of the molecule is Cn1c(-c2ccccc2)nc2cc3c(cc21)-n1c2ccc(C(C)(C)C)cc2c2c4c(c5c(c21)B3N(c1ccc(C(C)(C)C)cc1)c1cc2c(cc1-5)-c1ccccc1C2(C)C)C(C)(C)c1ccccc1-4. The monoisotopic (exact) mass is 892 g/mol. The maximum atomic E-state index is 5.51. The molecule has 0 unspecified atom stereocenters. The number of hydrogen-bond acceptors (Lipinski definition) is 2. The Morgan fingerprint density at radius 3 is 1.90 bits per heavy atom. The van der Waals surface area contributed by atoms with Crippen LogP contribution in [0.1, 0.15) is 103 Å². The van der Waals surface area contributed by atoms with Crippen molar-refractivity contribution in [2.24, 2.45) is 7.05 Å². The highest BCUT2D eigenvalue weighted by Crippen LogP contribution is 2.61. The molecule has 0 bridgehead atoms. The standard InChI is InChI=1S/C64H57BN4/c1-61(2,3)37-25-28-39(29-26-37)69-51-33-47-42(40-21-15-17-23-45(40)63(47,7)8)32-44(51)56-57-54(41-22-16-18-24-46(41)64(57,9)10)55-43-31-38(62(4,5)6)27-30-50(43)68-52-35-53-49(34-48(52)65(69)58(56)59(55)68)66-60(67(53)11)36-19-13-12-14-20-36/h12-35H,1-11H3. The maximum absolute atomic E-state index is 5.51. The van der Waals surface area contributed by atoms with E-state index in [0.29, 0.717) is 0 Å². The average molecular weight is 893 g/mol. The molecule has 2 aliphatic heterocycles. The molecule has 14 rings (SSSR count). The molecule has 4 heterocycles. The number of aromatic nitrogens is 3. The fourth-order valence-electron chi connectivity index (χ4n) is 13.5. The van der Waals surface area contributed by atoms with E-state index in [9.17, 15) is 0 Å². The quantitative estimate of drug-likeness (QED) is 0.162. The summed E-state index contributed by atoms with van der Waals surface area (Å²) >= 11 is 0. The first-order chi connectivity index (χ1) is 32.9. The van der Waals surface area contributed by atoms with Gasteiger partial charge in [0, 0.05) is 56.8 Å². The third-order valence-corrected chi connectivity index (χ3v) is 17.0. The molecule has 0 atom stereocenters. The van der Waals surface area contributed by atoms with Gasteiger partial charge in [0.1, 0.15) is 5.82 Å². The summed E-state index contributed by atoms with van der Waals surface area (Å²) in [5.74, 6) is 0.974. The number of hydrogen-bond donors (Lipinski definition) is 0. The van der Waals surface area contributed by atoms with Gasteiger partial charge in [0.05, 0.1) is 22.1 Å². The molecule has 10 aromatic rings. The first kappa shape index (κ1) is 40.9. The minimum Gasteiger partial charge on any atom is -0.376 e. The molecule has 4 nitrogen and oxygen atoms in total. The van der Waals surface area contributed by atoms with Gasteiger partial charge in [-0.1, -0.05) is 166 Å². The van der Waals surface area contributed by atoms with Gasteiger partial charge in [0.2, 0.25) is 0 Å². The summed E-state index contributed by atoms with van der Waals surface area (Å²) in [6.45, 7) is 23.7. The molecule has 2 aliphatic carbocycles. The van der Waals surface area contributed by atoms with E-state index < -0.39 is 0 Å². The van der Waals surface area contributed by atoms with Gasteiger partial charge in [-0.15, -0.1) is 0 Å². The molecule has 0 saturated heterocycles. The zero-order chi connectivity index (χ0) is 47.4. The van der Waals surface area contributed by atoms with E-state index >= 15 is 0 Å². The molecule has 4 aliphatic rings. The van der Waals surface area contributed by atoms with Crippen molar-refractivity contribution in [1.29, 1.82) is 0 Å².